The number of thiazole rings is 1. The van der Waals surface area contributed by atoms with Crippen molar-refractivity contribution in [3.05, 3.63) is 45.7 Å². The van der Waals surface area contributed by atoms with Crippen LogP contribution in [0.5, 0.6) is 0 Å². The molecule has 0 aliphatic rings. The van der Waals surface area contributed by atoms with Crippen LogP contribution in [-0.2, 0) is 4.74 Å². The lowest BCUT2D eigenvalue weighted by Gasteiger charge is -2.16. The molecule has 0 aromatic carbocycles. The van der Waals surface area contributed by atoms with E-state index in [-0.39, 0.29) is 6.04 Å². The van der Waals surface area contributed by atoms with Crippen molar-refractivity contribution < 1.29 is 4.74 Å². The topological polar surface area (TPSA) is 47.0 Å². The highest BCUT2D eigenvalue weighted by Crippen LogP contribution is 2.24. The minimum atomic E-state index is 0.0851. The molecular weight excluding hydrogens is 258 g/mol. The van der Waals surface area contributed by atoms with E-state index in [1.807, 2.05) is 26.1 Å². The molecule has 1 unspecified atom stereocenters. The lowest BCUT2D eigenvalue weighted by molar-refractivity contribution is 0.197. The number of nitrogens with zero attached hydrogens (tertiary/aromatic N) is 2. The Morgan fingerprint density at radius 2 is 2.16 bits per heavy atom. The van der Waals surface area contributed by atoms with Gasteiger partial charge in [0.2, 0.25) is 0 Å². The van der Waals surface area contributed by atoms with Crippen LogP contribution in [0.4, 0.5) is 0 Å². The van der Waals surface area contributed by atoms with Crippen LogP contribution in [0.1, 0.15) is 28.0 Å². The van der Waals surface area contributed by atoms with Gasteiger partial charge in [-0.05, 0) is 25.5 Å². The second-order valence-corrected chi connectivity index (χ2v) is 5.33. The first kappa shape index (κ1) is 14.1. The molecule has 5 heteroatoms. The summed E-state index contributed by atoms with van der Waals surface area (Å²) in [4.78, 5) is 8.94. The van der Waals surface area contributed by atoms with E-state index in [1.165, 1.54) is 0 Å². The first-order chi connectivity index (χ1) is 9.20. The van der Waals surface area contributed by atoms with Gasteiger partial charge >= 0.3 is 0 Å². The van der Waals surface area contributed by atoms with E-state index >= 15 is 0 Å². The Kier molecular flexibility index (Phi) is 5.01. The molecule has 1 N–H and O–H groups in total. The quantitative estimate of drug-likeness (QED) is 0.824. The van der Waals surface area contributed by atoms with Crippen LogP contribution in [0.2, 0.25) is 0 Å². The average Bonchev–Trinajstić information content (AvgIpc) is 2.83. The van der Waals surface area contributed by atoms with E-state index in [9.17, 15) is 0 Å². The summed E-state index contributed by atoms with van der Waals surface area (Å²) < 4.78 is 5.09. The van der Waals surface area contributed by atoms with Gasteiger partial charge in [-0.3, -0.25) is 4.98 Å². The minimum Gasteiger partial charge on any atom is -0.383 e. The van der Waals surface area contributed by atoms with Crippen LogP contribution in [0.25, 0.3) is 0 Å². The van der Waals surface area contributed by atoms with Gasteiger partial charge < -0.3 is 10.1 Å². The van der Waals surface area contributed by atoms with Gasteiger partial charge in [0.15, 0.2) is 0 Å². The maximum atomic E-state index is 5.09. The predicted octanol–water partition coefficient (Wildman–Crippen LogP) is 2.48. The van der Waals surface area contributed by atoms with Gasteiger partial charge in [-0.2, -0.15) is 0 Å². The largest absolute Gasteiger partial charge is 0.383 e. The molecule has 19 heavy (non-hydrogen) atoms. The molecule has 0 saturated heterocycles. The average molecular weight is 277 g/mol. The molecule has 0 spiro atoms. The summed E-state index contributed by atoms with van der Waals surface area (Å²) >= 11 is 1.67. The zero-order chi connectivity index (χ0) is 13.7. The SMILES string of the molecule is COCCNC(c1ccc(C)nc1)c1nc(C)cs1. The Balaban J connectivity index is 2.20. The molecule has 1 atom stereocenters. The Morgan fingerprint density at radius 3 is 2.74 bits per heavy atom. The minimum absolute atomic E-state index is 0.0851. The number of ether oxygens (including phenoxy) is 1. The van der Waals surface area contributed by atoms with E-state index in [0.717, 1.165) is 28.5 Å². The van der Waals surface area contributed by atoms with Crippen LogP contribution in [0.15, 0.2) is 23.7 Å². The van der Waals surface area contributed by atoms with Crippen molar-refractivity contribution in [2.24, 2.45) is 0 Å². The number of aromatic nitrogens is 2. The zero-order valence-electron chi connectivity index (χ0n) is 11.5. The zero-order valence-corrected chi connectivity index (χ0v) is 12.3. The number of aryl methyl sites for hydroxylation is 2. The molecule has 2 rings (SSSR count). The summed E-state index contributed by atoms with van der Waals surface area (Å²) in [6.07, 6.45) is 1.91. The summed E-state index contributed by atoms with van der Waals surface area (Å²) in [5.74, 6) is 0. The normalized spacial score (nSPS) is 12.6. The maximum Gasteiger partial charge on any atom is 0.114 e. The lowest BCUT2D eigenvalue weighted by atomic mass is 10.1. The number of rotatable bonds is 6. The Hall–Kier alpha value is -1.30. The first-order valence-electron chi connectivity index (χ1n) is 6.27. The number of nitrogens with one attached hydrogen (secondary N) is 1. The van der Waals surface area contributed by atoms with Gasteiger partial charge in [0.25, 0.3) is 0 Å². The molecule has 0 aliphatic heterocycles. The number of methoxy groups -OCH3 is 1. The summed E-state index contributed by atoms with van der Waals surface area (Å²) in [5, 5.41) is 6.61. The van der Waals surface area contributed by atoms with Crippen molar-refractivity contribution in [2.75, 3.05) is 20.3 Å². The van der Waals surface area contributed by atoms with E-state index in [4.69, 9.17) is 4.74 Å². The number of pyridine rings is 1. The van der Waals surface area contributed by atoms with Gasteiger partial charge in [-0.25, -0.2) is 4.98 Å². The molecule has 2 aromatic heterocycles. The lowest BCUT2D eigenvalue weighted by Crippen LogP contribution is -2.26. The third kappa shape index (κ3) is 3.83. The standard InChI is InChI=1S/C14H19N3OS/c1-10-4-5-12(8-16-10)13(15-6-7-18-3)14-17-11(2)9-19-14/h4-5,8-9,13,15H,6-7H2,1-3H3. The second-order valence-electron chi connectivity index (χ2n) is 4.44. The molecule has 4 nitrogen and oxygen atoms in total. The Labute approximate surface area is 117 Å². The monoisotopic (exact) mass is 277 g/mol. The summed E-state index contributed by atoms with van der Waals surface area (Å²) in [7, 11) is 1.71. The molecule has 0 bridgehead atoms. The highest BCUT2D eigenvalue weighted by atomic mass is 32.1. The summed E-state index contributed by atoms with van der Waals surface area (Å²) in [5.41, 5.74) is 3.21. The highest BCUT2D eigenvalue weighted by Gasteiger charge is 2.17. The number of hydrogen-bond acceptors (Lipinski definition) is 5. The fourth-order valence-electron chi connectivity index (χ4n) is 1.81. The second kappa shape index (κ2) is 6.75. The number of hydrogen-bond donors (Lipinski definition) is 1. The van der Waals surface area contributed by atoms with Gasteiger partial charge in [0.1, 0.15) is 5.01 Å². The van der Waals surface area contributed by atoms with Crippen molar-refractivity contribution in [1.29, 1.82) is 0 Å². The first-order valence-corrected chi connectivity index (χ1v) is 7.15. The maximum absolute atomic E-state index is 5.09. The van der Waals surface area contributed by atoms with Crippen LogP contribution in [0.3, 0.4) is 0 Å². The summed E-state index contributed by atoms with van der Waals surface area (Å²) in [6, 6.07) is 4.21. The Bertz CT molecular complexity index is 510. The third-order valence-corrected chi connectivity index (χ3v) is 3.83. The van der Waals surface area contributed by atoms with Gasteiger partial charge in [-0.1, -0.05) is 6.07 Å². The van der Waals surface area contributed by atoms with E-state index in [0.29, 0.717) is 6.61 Å². The van der Waals surface area contributed by atoms with Crippen LogP contribution < -0.4 is 5.32 Å². The van der Waals surface area contributed by atoms with Crippen molar-refractivity contribution in [1.82, 2.24) is 15.3 Å². The molecule has 0 saturated carbocycles. The van der Waals surface area contributed by atoms with Gasteiger partial charge in [0.05, 0.1) is 12.6 Å². The molecule has 0 amide bonds. The van der Waals surface area contributed by atoms with Crippen LogP contribution >= 0.6 is 11.3 Å². The Morgan fingerprint density at radius 1 is 1.32 bits per heavy atom. The molecule has 0 fully saturated rings. The van der Waals surface area contributed by atoms with E-state index in [1.54, 1.807) is 18.4 Å². The molecule has 2 aromatic rings. The fraction of sp³-hybridized carbons (Fsp3) is 0.429. The van der Waals surface area contributed by atoms with E-state index < -0.39 is 0 Å². The van der Waals surface area contributed by atoms with Crippen LogP contribution in [0, 0.1) is 13.8 Å². The summed E-state index contributed by atoms with van der Waals surface area (Å²) in [6.45, 7) is 5.47. The third-order valence-electron chi connectivity index (χ3n) is 2.81. The van der Waals surface area contributed by atoms with E-state index in [2.05, 4.69) is 26.7 Å². The van der Waals surface area contributed by atoms with Gasteiger partial charge in [0, 0.05) is 36.6 Å². The molecule has 0 radical (unpaired) electrons. The molecule has 102 valence electrons. The van der Waals surface area contributed by atoms with Gasteiger partial charge in [-0.15, -0.1) is 11.3 Å². The molecule has 2 heterocycles. The molecular formula is C14H19N3OS. The fourth-order valence-corrected chi connectivity index (χ4v) is 2.70. The van der Waals surface area contributed by atoms with Crippen molar-refractivity contribution in [3.63, 3.8) is 0 Å². The van der Waals surface area contributed by atoms with Crippen molar-refractivity contribution >= 4 is 11.3 Å². The van der Waals surface area contributed by atoms with Crippen LogP contribution in [-0.4, -0.2) is 30.2 Å². The van der Waals surface area contributed by atoms with Crippen molar-refractivity contribution in [2.45, 2.75) is 19.9 Å². The predicted molar refractivity (Wildman–Crippen MR) is 77.5 cm³/mol. The smallest absolute Gasteiger partial charge is 0.114 e. The highest BCUT2D eigenvalue weighted by molar-refractivity contribution is 7.09. The molecule has 0 aliphatic carbocycles. The van der Waals surface area contributed by atoms with Crippen molar-refractivity contribution in [3.8, 4) is 0 Å².